The topological polar surface area (TPSA) is 73.7 Å². The van der Waals surface area contributed by atoms with Crippen molar-refractivity contribution in [3.63, 3.8) is 0 Å². The Labute approximate surface area is 112 Å². The van der Waals surface area contributed by atoms with Gasteiger partial charge in [0.15, 0.2) is 0 Å². The van der Waals surface area contributed by atoms with Gasteiger partial charge in [-0.2, -0.15) is 0 Å². The van der Waals surface area contributed by atoms with Gasteiger partial charge in [-0.1, -0.05) is 19.4 Å². The minimum absolute atomic E-state index is 0.323. The number of anilines is 1. The number of aliphatic hydroxyl groups excluding tert-OH is 1. The minimum atomic E-state index is -1.000. The molecule has 5 heteroatoms. The Bertz CT molecular complexity index is 438. The normalized spacial score (nSPS) is 27.3. The number of β-amino-alcohol motifs (C(OH)–C–C–N with tert-alkyl or cyclic N) is 1. The molecule has 0 unspecified atom stereocenters. The summed E-state index contributed by atoms with van der Waals surface area (Å²) >= 11 is 0. The highest BCUT2D eigenvalue weighted by atomic mass is 16.4. The number of piperidine rings is 1. The number of carbonyl (C=O) groups is 1. The quantitative estimate of drug-likeness (QED) is 0.862. The zero-order chi connectivity index (χ0) is 13.9. The molecule has 19 heavy (non-hydrogen) atoms. The van der Waals surface area contributed by atoms with Gasteiger partial charge in [-0.3, -0.25) is 4.79 Å². The minimum Gasteiger partial charge on any atom is -0.481 e. The van der Waals surface area contributed by atoms with Crippen LogP contribution in [0.15, 0.2) is 24.4 Å². The van der Waals surface area contributed by atoms with Crippen molar-refractivity contribution in [3.8, 4) is 0 Å². The van der Waals surface area contributed by atoms with Gasteiger partial charge in [0, 0.05) is 19.3 Å². The summed E-state index contributed by atoms with van der Waals surface area (Å²) in [4.78, 5) is 17.7. The molecule has 0 spiro atoms. The van der Waals surface area contributed by atoms with Crippen molar-refractivity contribution in [2.45, 2.75) is 32.3 Å². The summed E-state index contributed by atoms with van der Waals surface area (Å²) < 4.78 is 0. The summed E-state index contributed by atoms with van der Waals surface area (Å²) in [6.07, 6.45) is 2.56. The molecule has 2 rings (SSSR count). The molecule has 0 amide bonds. The summed E-state index contributed by atoms with van der Waals surface area (Å²) in [6, 6.07) is 5.60. The molecule has 0 radical (unpaired) electrons. The van der Waals surface area contributed by atoms with E-state index in [1.165, 1.54) is 0 Å². The largest absolute Gasteiger partial charge is 0.481 e. The van der Waals surface area contributed by atoms with Crippen LogP contribution in [-0.2, 0) is 4.79 Å². The number of nitrogens with zero attached hydrogens (tertiary/aromatic N) is 2. The lowest BCUT2D eigenvalue weighted by atomic mass is 9.73. The highest BCUT2D eigenvalue weighted by Gasteiger charge is 2.48. The average Bonchev–Trinajstić information content (AvgIpc) is 2.42. The maximum atomic E-state index is 11.5. The van der Waals surface area contributed by atoms with Gasteiger partial charge in [-0.05, 0) is 25.0 Å². The first-order valence-electron chi connectivity index (χ1n) is 6.67. The number of hydrogen-bond acceptors (Lipinski definition) is 4. The molecule has 1 fully saturated rings. The Morgan fingerprint density at radius 2 is 2.37 bits per heavy atom. The second-order valence-electron chi connectivity index (χ2n) is 5.11. The molecule has 1 aromatic heterocycles. The Kier molecular flexibility index (Phi) is 4.04. The Hall–Kier alpha value is -1.62. The number of rotatable bonds is 4. The fraction of sp³-hybridized carbons (Fsp3) is 0.571. The highest BCUT2D eigenvalue weighted by Crippen LogP contribution is 2.37. The van der Waals surface area contributed by atoms with E-state index >= 15 is 0 Å². The van der Waals surface area contributed by atoms with Crippen LogP contribution in [0.3, 0.4) is 0 Å². The van der Waals surface area contributed by atoms with Crippen LogP contribution >= 0.6 is 0 Å². The van der Waals surface area contributed by atoms with E-state index < -0.39 is 17.5 Å². The van der Waals surface area contributed by atoms with Crippen LogP contribution in [0.1, 0.15) is 26.2 Å². The standard InChI is InChI=1S/C14H20N2O3/c1-2-6-14(13(18)19)7-9-16(10-11(14)17)12-5-3-4-8-15-12/h3-5,8,11,17H,2,6-7,9-10H2,1H3,(H,18,19)/t11-,14-/m0/s1. The van der Waals surface area contributed by atoms with E-state index in [1.807, 2.05) is 30.0 Å². The van der Waals surface area contributed by atoms with Crippen LogP contribution in [0, 0.1) is 5.41 Å². The maximum Gasteiger partial charge on any atom is 0.312 e. The van der Waals surface area contributed by atoms with Gasteiger partial charge < -0.3 is 15.1 Å². The van der Waals surface area contributed by atoms with Crippen molar-refractivity contribution in [2.75, 3.05) is 18.0 Å². The van der Waals surface area contributed by atoms with Crippen molar-refractivity contribution >= 4 is 11.8 Å². The number of pyridine rings is 1. The number of hydrogen-bond donors (Lipinski definition) is 2. The van der Waals surface area contributed by atoms with E-state index in [9.17, 15) is 15.0 Å². The number of aromatic nitrogens is 1. The summed E-state index contributed by atoms with van der Waals surface area (Å²) in [7, 11) is 0. The molecule has 104 valence electrons. The van der Waals surface area contributed by atoms with Crippen molar-refractivity contribution in [1.82, 2.24) is 4.98 Å². The Balaban J connectivity index is 2.15. The van der Waals surface area contributed by atoms with E-state index in [4.69, 9.17) is 0 Å². The van der Waals surface area contributed by atoms with Gasteiger partial charge in [-0.15, -0.1) is 0 Å². The number of aliphatic carboxylic acids is 1. The fourth-order valence-corrected chi connectivity index (χ4v) is 2.82. The molecule has 0 bridgehead atoms. The van der Waals surface area contributed by atoms with Crippen LogP contribution in [0.5, 0.6) is 0 Å². The number of carboxylic acid groups (broad SMARTS) is 1. The average molecular weight is 264 g/mol. The molecule has 1 saturated heterocycles. The van der Waals surface area contributed by atoms with Crippen LogP contribution in [-0.4, -0.2) is 40.4 Å². The van der Waals surface area contributed by atoms with Gasteiger partial charge in [0.2, 0.25) is 0 Å². The van der Waals surface area contributed by atoms with Crippen molar-refractivity contribution in [2.24, 2.45) is 5.41 Å². The summed E-state index contributed by atoms with van der Waals surface area (Å²) in [6.45, 7) is 2.88. The van der Waals surface area contributed by atoms with E-state index in [-0.39, 0.29) is 0 Å². The van der Waals surface area contributed by atoms with Gasteiger partial charge in [0.05, 0.1) is 11.5 Å². The first kappa shape index (κ1) is 13.8. The Morgan fingerprint density at radius 1 is 1.58 bits per heavy atom. The molecule has 0 saturated carbocycles. The predicted octanol–water partition coefficient (Wildman–Crippen LogP) is 1.52. The lowest BCUT2D eigenvalue weighted by Gasteiger charge is -2.43. The molecular formula is C14H20N2O3. The zero-order valence-corrected chi connectivity index (χ0v) is 11.1. The summed E-state index contributed by atoms with van der Waals surface area (Å²) in [5, 5.41) is 19.8. The molecule has 0 aromatic carbocycles. The molecule has 2 atom stereocenters. The second kappa shape index (κ2) is 5.57. The third-order valence-electron chi connectivity index (χ3n) is 3.95. The lowest BCUT2D eigenvalue weighted by molar-refractivity contribution is -0.159. The van der Waals surface area contributed by atoms with Gasteiger partial charge in [-0.25, -0.2) is 4.98 Å². The van der Waals surface area contributed by atoms with E-state index in [1.54, 1.807) is 6.20 Å². The van der Waals surface area contributed by atoms with E-state index in [0.29, 0.717) is 25.9 Å². The SMILES string of the molecule is CCC[C@]1(C(=O)O)CCN(c2ccccn2)C[C@@H]1O. The van der Waals surface area contributed by atoms with Gasteiger partial charge in [0.1, 0.15) is 5.82 Å². The third kappa shape index (κ3) is 2.56. The van der Waals surface area contributed by atoms with E-state index in [0.717, 1.165) is 12.2 Å². The van der Waals surface area contributed by atoms with Gasteiger partial charge in [0.25, 0.3) is 0 Å². The smallest absolute Gasteiger partial charge is 0.312 e. The second-order valence-corrected chi connectivity index (χ2v) is 5.11. The van der Waals surface area contributed by atoms with E-state index in [2.05, 4.69) is 4.98 Å². The predicted molar refractivity (Wildman–Crippen MR) is 72.1 cm³/mol. The first-order chi connectivity index (χ1) is 9.10. The van der Waals surface area contributed by atoms with Crippen molar-refractivity contribution in [3.05, 3.63) is 24.4 Å². The Morgan fingerprint density at radius 3 is 2.89 bits per heavy atom. The lowest BCUT2D eigenvalue weighted by Crippen LogP contribution is -2.55. The number of aliphatic hydroxyl groups is 1. The molecular weight excluding hydrogens is 244 g/mol. The van der Waals surface area contributed by atoms with Crippen molar-refractivity contribution < 1.29 is 15.0 Å². The molecule has 1 aromatic rings. The summed E-state index contributed by atoms with van der Waals surface area (Å²) in [5.41, 5.74) is -1.000. The maximum absolute atomic E-state index is 11.5. The first-order valence-corrected chi connectivity index (χ1v) is 6.67. The zero-order valence-electron chi connectivity index (χ0n) is 11.1. The summed E-state index contributed by atoms with van der Waals surface area (Å²) in [5.74, 6) is -0.0976. The molecule has 1 aliphatic heterocycles. The van der Waals surface area contributed by atoms with Crippen LogP contribution in [0.4, 0.5) is 5.82 Å². The van der Waals surface area contributed by atoms with Gasteiger partial charge >= 0.3 is 5.97 Å². The van der Waals surface area contributed by atoms with Crippen LogP contribution in [0.25, 0.3) is 0 Å². The number of carboxylic acids is 1. The third-order valence-corrected chi connectivity index (χ3v) is 3.95. The molecule has 1 aliphatic rings. The monoisotopic (exact) mass is 264 g/mol. The fourth-order valence-electron chi connectivity index (χ4n) is 2.82. The molecule has 5 nitrogen and oxygen atoms in total. The van der Waals surface area contributed by atoms with Crippen LogP contribution < -0.4 is 4.90 Å². The highest BCUT2D eigenvalue weighted by molar-refractivity contribution is 5.76. The molecule has 2 heterocycles. The molecule has 0 aliphatic carbocycles. The van der Waals surface area contributed by atoms with Crippen molar-refractivity contribution in [1.29, 1.82) is 0 Å². The molecule has 2 N–H and O–H groups in total. The van der Waals surface area contributed by atoms with Crippen LogP contribution in [0.2, 0.25) is 0 Å².